The van der Waals surface area contributed by atoms with Crippen LogP contribution in [-0.2, 0) is 0 Å². The average molecular weight is 1800 g/mol. The van der Waals surface area contributed by atoms with Gasteiger partial charge in [0.05, 0.1) is 0 Å². The molecular formula is C108H182BF12NP2. The molecule has 4 aromatic rings. The Balaban J connectivity index is 0.000000877. The summed E-state index contributed by atoms with van der Waals surface area (Å²) in [6, 6.07) is 1.41. The lowest BCUT2D eigenvalue weighted by Crippen LogP contribution is -2.75. The van der Waals surface area contributed by atoms with Crippen LogP contribution >= 0.6 is 14.1 Å². The van der Waals surface area contributed by atoms with Crippen molar-refractivity contribution in [2.24, 2.45) is 0 Å². The van der Waals surface area contributed by atoms with Crippen molar-refractivity contribution in [2.75, 3.05) is 37.0 Å². The number of rotatable bonds is 82. The van der Waals surface area contributed by atoms with Crippen molar-refractivity contribution in [3.05, 3.63) is 118 Å². The van der Waals surface area contributed by atoms with E-state index in [1.165, 1.54) is 499 Å². The Kier molecular flexibility index (Phi) is 69.7. The maximum absolute atomic E-state index is 14.4. The third-order valence-corrected chi connectivity index (χ3v) is 36.9. The number of hydrogen-bond donors (Lipinski definition) is 0. The van der Waals surface area contributed by atoms with Crippen molar-refractivity contribution in [1.82, 2.24) is 4.17 Å². The lowest BCUT2D eigenvalue weighted by molar-refractivity contribution is 0.447. The first kappa shape index (κ1) is 115. The normalized spacial score (nSPS) is 12.0. The Labute approximate surface area is 753 Å². The fraction of sp³-hybridized carbons (Fsp3) is 0.778. The van der Waals surface area contributed by atoms with Crippen LogP contribution in [0.25, 0.3) is 0 Å². The molecule has 0 radical (unpaired) electrons. The molecule has 0 unspecified atom stereocenters. The van der Waals surface area contributed by atoms with Gasteiger partial charge in [-0.3, -0.25) is 0 Å². The Morgan fingerprint density at radius 3 is 0.363 bits per heavy atom. The zero-order valence-corrected chi connectivity index (χ0v) is 82.0. The summed E-state index contributed by atoms with van der Waals surface area (Å²) in [5.41, 5.74) is -3.79. The molecular weight excluding hydrogens is 1610 g/mol. The van der Waals surface area contributed by atoms with Crippen LogP contribution in [0.3, 0.4) is 0 Å². The number of benzene rings is 4. The van der Waals surface area contributed by atoms with Gasteiger partial charge in [0, 0.05) is 37.0 Å². The lowest BCUT2D eigenvalue weighted by Gasteiger charge is -2.44. The van der Waals surface area contributed by atoms with E-state index >= 15 is 0 Å². The molecule has 0 saturated heterocycles. The Morgan fingerprint density at radius 2 is 0.258 bits per heavy atom. The summed E-state index contributed by atoms with van der Waals surface area (Å²) in [6.45, 7) is 14.2. The molecule has 124 heavy (non-hydrogen) atoms. The van der Waals surface area contributed by atoms with Crippen molar-refractivity contribution in [2.45, 2.75) is 504 Å². The molecule has 0 aliphatic rings. The van der Waals surface area contributed by atoms with Crippen LogP contribution in [0.15, 0.2) is 48.5 Å². The van der Waals surface area contributed by atoms with E-state index in [0.717, 1.165) is 0 Å². The quantitative estimate of drug-likeness (QED) is 0.0104. The first-order valence-corrected chi connectivity index (χ1v) is 57.2. The summed E-state index contributed by atoms with van der Waals surface area (Å²) in [6.07, 6.45) is 111. The zero-order chi connectivity index (χ0) is 90.3. The standard InChI is InChI=1S/C84H174NP2.C24H8BF12/c1-7-13-19-25-31-37-43-49-55-61-67-73-79-86(80-74-68-62-56-50-44-38-32-26-20-14-8-2,81-75-69-63-57-51-45-39-33-27-21-15-9-3)85-87(82-76-70-64-58-52-46-40-34-28-22-16-10-4,83-77-71-65-59-53-47-41-35-29-23-17-11-5)84-78-72-66-60-54-48-42-36-30-24-18-12-6;26-13-1-9(2-14(27)21(13)34)25(10-3-15(28)22(35)16(29)4-10,11-5-17(30)23(36)18(31)6-11)12-7-19(32)24(37)20(33)8-12/h7-84H2,1-6H3;1-8H/q+1;-1. The minimum absolute atomic E-state index is 0.177. The summed E-state index contributed by atoms with van der Waals surface area (Å²) in [5.74, 6) is -24.0. The van der Waals surface area contributed by atoms with E-state index in [1.54, 1.807) is 0 Å². The van der Waals surface area contributed by atoms with Gasteiger partial charge >= 0.3 is 0 Å². The van der Waals surface area contributed by atoms with E-state index in [2.05, 4.69) is 41.5 Å². The highest BCUT2D eigenvalue weighted by Crippen LogP contribution is 2.57. The number of halogens is 12. The monoisotopic (exact) mass is 1790 g/mol. The summed E-state index contributed by atoms with van der Waals surface area (Å²) < 4.78 is 177. The first-order valence-electron chi connectivity index (χ1n) is 52.6. The third kappa shape index (κ3) is 50.3. The van der Waals surface area contributed by atoms with E-state index in [4.69, 9.17) is 4.17 Å². The molecule has 0 N–H and O–H groups in total. The molecule has 0 heterocycles. The SMILES string of the molecule is CCCCCCCCCCCCCCP(CCCCCCCCCCCCCC)(CCCCCCCCCCCCCC)=[N+]=P(CCCCCCCCCCCCCC)(CCCCCCCCCCCCCC)CCCCCCCCCCCCCC.Fc1cc([B-](c2cc(F)c(F)c(F)c2)(c2cc(F)c(F)c(F)c2)c2cc(F)c(F)c(F)c2)cc(F)c1F. The zero-order valence-electron chi connectivity index (χ0n) is 80.2. The molecule has 716 valence electrons. The summed E-state index contributed by atoms with van der Waals surface area (Å²) >= 11 is 0. The second kappa shape index (κ2) is 75.2. The smallest absolute Gasteiger partial charge is 0.204 e. The maximum Gasteiger partial charge on any atom is 0.216 e. The minimum Gasteiger partial charge on any atom is -0.204 e. The van der Waals surface area contributed by atoms with Crippen LogP contribution in [-0.4, -0.2) is 43.1 Å². The van der Waals surface area contributed by atoms with Gasteiger partial charge in [-0.25, -0.2) is 52.7 Å². The van der Waals surface area contributed by atoms with Crippen LogP contribution in [0, 0.1) is 69.8 Å². The fourth-order valence-electron chi connectivity index (χ4n) is 19.3. The number of unbranched alkanes of at least 4 members (excludes halogenated alkanes) is 66. The van der Waals surface area contributed by atoms with Gasteiger partial charge in [0.2, 0.25) is 14.1 Å². The second-order valence-electron chi connectivity index (χ2n) is 38.0. The van der Waals surface area contributed by atoms with Crippen LogP contribution in [0.4, 0.5) is 52.7 Å². The molecule has 0 aliphatic heterocycles. The molecule has 0 atom stereocenters. The van der Waals surface area contributed by atoms with E-state index < -0.39 is 112 Å². The van der Waals surface area contributed by atoms with Gasteiger partial charge in [0.25, 0.3) is 0 Å². The lowest BCUT2D eigenvalue weighted by atomic mass is 9.13. The third-order valence-electron chi connectivity index (χ3n) is 27.0. The molecule has 0 aromatic heterocycles. The molecule has 16 heteroatoms. The molecule has 4 rings (SSSR count). The Hall–Kier alpha value is -3.33. The highest BCUT2D eigenvalue weighted by Gasteiger charge is 2.39. The van der Waals surface area contributed by atoms with Crippen LogP contribution in [0.2, 0.25) is 0 Å². The molecule has 0 fully saturated rings. The van der Waals surface area contributed by atoms with Crippen LogP contribution in [0.1, 0.15) is 504 Å². The predicted molar refractivity (Wildman–Crippen MR) is 521 cm³/mol. The Bertz CT molecular complexity index is 2810. The van der Waals surface area contributed by atoms with E-state index in [9.17, 15) is 52.7 Å². The summed E-state index contributed by atoms with van der Waals surface area (Å²) in [5, 5.41) is 0. The van der Waals surface area contributed by atoms with Crippen LogP contribution in [0.5, 0.6) is 0 Å². The highest BCUT2D eigenvalue weighted by atomic mass is 31.2. The second-order valence-corrected chi connectivity index (χ2v) is 45.8. The van der Waals surface area contributed by atoms with Crippen molar-refractivity contribution >= 4 is 42.1 Å². The van der Waals surface area contributed by atoms with Gasteiger partial charge in [0.15, 0.2) is 69.8 Å². The van der Waals surface area contributed by atoms with E-state index in [-0.39, 0.29) is 48.5 Å². The highest BCUT2D eigenvalue weighted by molar-refractivity contribution is 7.73. The maximum atomic E-state index is 14.4. The molecule has 4 aromatic carbocycles. The fourth-order valence-corrected chi connectivity index (χ4v) is 30.9. The van der Waals surface area contributed by atoms with Gasteiger partial charge < -0.3 is 0 Å². The van der Waals surface area contributed by atoms with Crippen molar-refractivity contribution in [1.29, 1.82) is 0 Å². The largest absolute Gasteiger partial charge is 0.216 e. The predicted octanol–water partition coefficient (Wildman–Crippen LogP) is 37.4. The minimum atomic E-state index is -4.01. The molecule has 0 aliphatic carbocycles. The molecule has 0 amide bonds. The summed E-state index contributed by atoms with van der Waals surface area (Å²) in [4.78, 5) is 0. The molecule has 0 bridgehead atoms. The van der Waals surface area contributed by atoms with Crippen LogP contribution < -0.4 is 26.0 Å². The van der Waals surface area contributed by atoms with Crippen molar-refractivity contribution in [3.63, 3.8) is 0 Å². The van der Waals surface area contributed by atoms with Gasteiger partial charge in [-0.15, -0.1) is 0 Å². The van der Waals surface area contributed by atoms with E-state index in [0.29, 0.717) is 0 Å². The topological polar surface area (TPSA) is 14.1 Å². The van der Waals surface area contributed by atoms with Crippen molar-refractivity contribution in [3.8, 4) is 0 Å². The van der Waals surface area contributed by atoms with Gasteiger partial charge in [-0.2, -0.15) is 26.0 Å². The first-order chi connectivity index (χ1) is 60.4. The number of hydrogen-bond acceptors (Lipinski definition) is 0. The molecule has 1 nitrogen and oxygen atoms in total. The summed E-state index contributed by atoms with van der Waals surface area (Å²) in [7, 11) is -2.87. The van der Waals surface area contributed by atoms with Gasteiger partial charge in [0.1, 0.15) is 6.15 Å². The van der Waals surface area contributed by atoms with E-state index in [1.807, 2.05) is 0 Å². The molecule has 0 saturated carbocycles. The molecule has 0 spiro atoms. The Morgan fingerprint density at radius 1 is 0.161 bits per heavy atom. The number of nitrogens with zero attached hydrogens (tertiary/aromatic N) is 1. The average Bonchev–Trinajstić information content (AvgIpc) is 0.716. The van der Waals surface area contributed by atoms with Gasteiger partial charge in [-0.05, 0) is 38.5 Å². The van der Waals surface area contributed by atoms with Gasteiger partial charge in [-0.1, -0.05) is 514 Å². The van der Waals surface area contributed by atoms with Crippen molar-refractivity contribution < 1.29 is 52.7 Å².